The molecule has 124 valence electrons. The van der Waals surface area contributed by atoms with Gasteiger partial charge in [-0.05, 0) is 61.6 Å². The maximum atomic E-state index is 10.3. The molecule has 0 spiro atoms. The first kappa shape index (κ1) is 15.4. The van der Waals surface area contributed by atoms with Gasteiger partial charge in [-0.1, -0.05) is 11.6 Å². The number of aromatic amines is 1. The van der Waals surface area contributed by atoms with Gasteiger partial charge in [0.05, 0.1) is 6.10 Å². The molecule has 4 nitrogen and oxygen atoms in total. The van der Waals surface area contributed by atoms with Crippen molar-refractivity contribution in [3.05, 3.63) is 65.1 Å². The highest BCUT2D eigenvalue weighted by atomic mass is 16.3. The number of nitrogens with one attached hydrogen (secondary N) is 2. The van der Waals surface area contributed by atoms with E-state index in [0.29, 0.717) is 12.6 Å². The maximum Gasteiger partial charge on any atom is 0.0915 e. The molecule has 1 aliphatic carbocycles. The zero-order valence-electron chi connectivity index (χ0n) is 13.9. The predicted molar refractivity (Wildman–Crippen MR) is 96.0 cm³/mol. The van der Waals surface area contributed by atoms with Gasteiger partial charge in [0.1, 0.15) is 0 Å². The third-order valence-corrected chi connectivity index (χ3v) is 5.03. The van der Waals surface area contributed by atoms with Crippen molar-refractivity contribution in [1.82, 2.24) is 15.3 Å². The minimum atomic E-state index is -0.486. The largest absolute Gasteiger partial charge is 0.387 e. The fourth-order valence-electron chi connectivity index (χ4n) is 3.69. The Bertz CT molecular complexity index is 841. The number of nitrogens with zero attached hydrogens (tertiary/aromatic N) is 1. The first-order chi connectivity index (χ1) is 11.7. The number of rotatable bonds is 4. The average Bonchev–Trinajstić information content (AvgIpc) is 2.97. The van der Waals surface area contributed by atoms with Crippen LogP contribution in [0.4, 0.5) is 0 Å². The summed E-state index contributed by atoms with van der Waals surface area (Å²) < 4.78 is 0. The molecule has 1 aromatic carbocycles. The number of fused-ring (bicyclic) bond motifs is 3. The molecule has 2 heterocycles. The van der Waals surface area contributed by atoms with E-state index in [0.717, 1.165) is 24.8 Å². The minimum Gasteiger partial charge on any atom is -0.387 e. The monoisotopic (exact) mass is 321 g/mol. The molecule has 0 radical (unpaired) electrons. The molecule has 0 saturated carbocycles. The Hall–Kier alpha value is -2.17. The minimum absolute atomic E-state index is 0.411. The summed E-state index contributed by atoms with van der Waals surface area (Å²) in [7, 11) is 0. The third-order valence-electron chi connectivity index (χ3n) is 5.03. The molecule has 3 aromatic rings. The summed E-state index contributed by atoms with van der Waals surface area (Å²) in [5, 5.41) is 15.2. The van der Waals surface area contributed by atoms with Crippen LogP contribution in [0.3, 0.4) is 0 Å². The van der Waals surface area contributed by atoms with Gasteiger partial charge >= 0.3 is 0 Å². The fraction of sp³-hybridized carbons (Fsp3) is 0.350. The van der Waals surface area contributed by atoms with Crippen molar-refractivity contribution in [3.63, 3.8) is 0 Å². The van der Waals surface area contributed by atoms with Gasteiger partial charge in [0.2, 0.25) is 0 Å². The van der Waals surface area contributed by atoms with Crippen molar-refractivity contribution in [1.29, 1.82) is 0 Å². The van der Waals surface area contributed by atoms with Crippen molar-refractivity contribution in [3.8, 4) is 0 Å². The molecule has 0 saturated heterocycles. The summed E-state index contributed by atoms with van der Waals surface area (Å²) in [6, 6.07) is 10.8. The quantitative estimate of drug-likeness (QED) is 0.692. The first-order valence-electron chi connectivity index (χ1n) is 8.62. The van der Waals surface area contributed by atoms with Crippen LogP contribution in [-0.2, 0) is 12.8 Å². The molecule has 2 atom stereocenters. The van der Waals surface area contributed by atoms with Gasteiger partial charge in [0.15, 0.2) is 0 Å². The standard InChI is InChI=1S/C20H23N3O/c1-13-2-4-18-16(10-13)17-11-15(3-5-19(17)23-18)22-12-20(24)14-6-8-21-9-7-14/h2,4,6-10,15,20,22-24H,3,5,11-12H2,1H3. The number of H-pyrrole nitrogens is 1. The highest BCUT2D eigenvalue weighted by Crippen LogP contribution is 2.30. The molecule has 2 unspecified atom stereocenters. The van der Waals surface area contributed by atoms with Crippen molar-refractivity contribution in [2.45, 2.75) is 38.3 Å². The van der Waals surface area contributed by atoms with Gasteiger partial charge in [0, 0.05) is 41.6 Å². The first-order valence-corrected chi connectivity index (χ1v) is 8.62. The molecule has 0 fully saturated rings. The van der Waals surface area contributed by atoms with Crippen molar-refractivity contribution in [2.75, 3.05) is 6.54 Å². The lowest BCUT2D eigenvalue weighted by Crippen LogP contribution is -2.37. The van der Waals surface area contributed by atoms with Crippen LogP contribution in [0, 0.1) is 6.92 Å². The van der Waals surface area contributed by atoms with Crippen LogP contribution in [0.15, 0.2) is 42.7 Å². The molecule has 0 aliphatic heterocycles. The van der Waals surface area contributed by atoms with Crippen molar-refractivity contribution < 1.29 is 5.11 Å². The molecule has 2 aromatic heterocycles. The highest BCUT2D eigenvalue weighted by Gasteiger charge is 2.23. The summed E-state index contributed by atoms with van der Waals surface area (Å²) in [5.74, 6) is 0. The van der Waals surface area contributed by atoms with Crippen LogP contribution >= 0.6 is 0 Å². The van der Waals surface area contributed by atoms with Crippen LogP contribution in [0.25, 0.3) is 10.9 Å². The smallest absolute Gasteiger partial charge is 0.0915 e. The third kappa shape index (κ3) is 2.95. The molecule has 4 heteroatoms. The molecule has 4 rings (SSSR count). The molecular weight excluding hydrogens is 298 g/mol. The molecular formula is C20H23N3O. The molecule has 1 aliphatic rings. The second-order valence-electron chi connectivity index (χ2n) is 6.78. The van der Waals surface area contributed by atoms with E-state index in [4.69, 9.17) is 0 Å². The molecule has 0 bridgehead atoms. The van der Waals surface area contributed by atoms with Gasteiger partial charge in [-0.2, -0.15) is 0 Å². The van der Waals surface area contributed by atoms with E-state index in [2.05, 4.69) is 40.4 Å². The number of benzene rings is 1. The normalized spacial score (nSPS) is 18.5. The number of aliphatic hydroxyl groups is 1. The Morgan fingerprint density at radius 1 is 1.29 bits per heavy atom. The van der Waals surface area contributed by atoms with Gasteiger partial charge in [-0.25, -0.2) is 0 Å². The average molecular weight is 321 g/mol. The highest BCUT2D eigenvalue weighted by molar-refractivity contribution is 5.85. The number of aromatic nitrogens is 2. The lowest BCUT2D eigenvalue weighted by atomic mass is 9.91. The van der Waals surface area contributed by atoms with E-state index in [9.17, 15) is 5.11 Å². The van der Waals surface area contributed by atoms with Gasteiger partial charge in [-0.15, -0.1) is 0 Å². The number of aliphatic hydroxyl groups excluding tert-OH is 1. The Labute approximate surface area is 141 Å². The molecule has 0 amide bonds. The Morgan fingerprint density at radius 2 is 2.12 bits per heavy atom. The maximum absolute atomic E-state index is 10.3. The topological polar surface area (TPSA) is 60.9 Å². The molecule has 3 N–H and O–H groups in total. The lowest BCUT2D eigenvalue weighted by molar-refractivity contribution is 0.168. The second kappa shape index (κ2) is 6.38. The van der Waals surface area contributed by atoms with Gasteiger partial charge in [-0.3, -0.25) is 4.98 Å². The lowest BCUT2D eigenvalue weighted by Gasteiger charge is -2.25. The molecule has 24 heavy (non-hydrogen) atoms. The second-order valence-corrected chi connectivity index (χ2v) is 6.78. The SMILES string of the molecule is Cc1ccc2[nH]c3c(c2c1)CC(NCC(O)c1ccncc1)CC3. The number of aryl methyl sites for hydroxylation is 2. The zero-order valence-corrected chi connectivity index (χ0v) is 13.9. The van der Waals surface area contributed by atoms with E-state index < -0.39 is 6.10 Å². The summed E-state index contributed by atoms with van der Waals surface area (Å²) in [6.07, 6.45) is 6.13. The summed E-state index contributed by atoms with van der Waals surface area (Å²) in [6.45, 7) is 2.72. The van der Waals surface area contributed by atoms with Gasteiger partial charge < -0.3 is 15.4 Å². The summed E-state index contributed by atoms with van der Waals surface area (Å²) >= 11 is 0. The number of hydrogen-bond acceptors (Lipinski definition) is 3. The van der Waals surface area contributed by atoms with Crippen LogP contribution in [0.2, 0.25) is 0 Å². The van der Waals surface area contributed by atoms with E-state index in [-0.39, 0.29) is 0 Å². The van der Waals surface area contributed by atoms with E-state index in [1.807, 2.05) is 12.1 Å². The van der Waals surface area contributed by atoms with Crippen LogP contribution < -0.4 is 5.32 Å². The Kier molecular flexibility index (Phi) is 4.08. The summed E-state index contributed by atoms with van der Waals surface area (Å²) in [5.41, 5.74) is 6.27. The van der Waals surface area contributed by atoms with Crippen molar-refractivity contribution >= 4 is 10.9 Å². The van der Waals surface area contributed by atoms with Crippen LogP contribution in [-0.4, -0.2) is 27.7 Å². The number of hydrogen-bond donors (Lipinski definition) is 3. The Balaban J connectivity index is 1.46. The van der Waals surface area contributed by atoms with Crippen molar-refractivity contribution in [2.24, 2.45) is 0 Å². The number of pyridine rings is 1. The predicted octanol–water partition coefficient (Wildman–Crippen LogP) is 3.05. The van der Waals surface area contributed by atoms with Crippen LogP contribution in [0.5, 0.6) is 0 Å². The van der Waals surface area contributed by atoms with Gasteiger partial charge in [0.25, 0.3) is 0 Å². The Morgan fingerprint density at radius 3 is 2.96 bits per heavy atom. The van der Waals surface area contributed by atoms with Crippen LogP contribution in [0.1, 0.15) is 34.9 Å². The zero-order chi connectivity index (χ0) is 16.5. The van der Waals surface area contributed by atoms with E-state index in [1.165, 1.54) is 27.7 Å². The summed E-state index contributed by atoms with van der Waals surface area (Å²) in [4.78, 5) is 7.57. The van der Waals surface area contributed by atoms with E-state index in [1.54, 1.807) is 12.4 Å². The fourth-order valence-corrected chi connectivity index (χ4v) is 3.69. The van der Waals surface area contributed by atoms with E-state index >= 15 is 0 Å².